The SMILES string of the molecule is Cc1c(O)cccc1C(=O)N[C@@H](CSc1ccccc1)C(O)CN1CC2(N)CCCCC2C[C@H]1C(C)CNC(C)(C)C. The van der Waals surface area contributed by atoms with E-state index in [4.69, 9.17) is 5.73 Å². The number of carbonyl (C=O) groups excluding carboxylic acids is 1. The van der Waals surface area contributed by atoms with Crippen LogP contribution in [0.5, 0.6) is 5.75 Å². The highest BCUT2D eigenvalue weighted by Crippen LogP contribution is 2.42. The van der Waals surface area contributed by atoms with Gasteiger partial charge in [0.15, 0.2) is 0 Å². The number of piperidine rings is 1. The zero-order valence-electron chi connectivity index (χ0n) is 26.1. The summed E-state index contributed by atoms with van der Waals surface area (Å²) in [6.07, 6.45) is 4.84. The van der Waals surface area contributed by atoms with Crippen molar-refractivity contribution >= 4 is 17.7 Å². The summed E-state index contributed by atoms with van der Waals surface area (Å²) in [6.45, 7) is 12.7. The molecule has 0 aromatic heterocycles. The first-order chi connectivity index (χ1) is 19.9. The van der Waals surface area contributed by atoms with E-state index < -0.39 is 12.1 Å². The Morgan fingerprint density at radius 3 is 2.62 bits per heavy atom. The van der Waals surface area contributed by atoms with Crippen LogP contribution in [0.3, 0.4) is 0 Å². The zero-order valence-corrected chi connectivity index (χ0v) is 26.9. The number of nitrogens with one attached hydrogen (secondary N) is 2. The topological polar surface area (TPSA) is 111 Å². The molecule has 2 aliphatic rings. The number of benzene rings is 2. The van der Waals surface area contributed by atoms with Gasteiger partial charge in [0.05, 0.1) is 12.1 Å². The monoisotopic (exact) mass is 596 g/mol. The van der Waals surface area contributed by atoms with Crippen LogP contribution in [0.4, 0.5) is 0 Å². The van der Waals surface area contributed by atoms with Crippen molar-refractivity contribution in [2.75, 3.05) is 25.4 Å². The smallest absolute Gasteiger partial charge is 0.252 e. The van der Waals surface area contributed by atoms with Gasteiger partial charge in [-0.25, -0.2) is 0 Å². The van der Waals surface area contributed by atoms with Crippen molar-refractivity contribution in [3.63, 3.8) is 0 Å². The minimum Gasteiger partial charge on any atom is -0.508 e. The highest BCUT2D eigenvalue weighted by atomic mass is 32.2. The van der Waals surface area contributed by atoms with Gasteiger partial charge in [0.25, 0.3) is 5.91 Å². The number of fused-ring (bicyclic) bond motifs is 1. The first kappa shape index (κ1) is 32.8. The van der Waals surface area contributed by atoms with Crippen molar-refractivity contribution in [2.45, 2.75) is 101 Å². The number of carbonyl (C=O) groups is 1. The third kappa shape index (κ3) is 8.50. The molecular formula is C34H52N4O3S. The summed E-state index contributed by atoms with van der Waals surface area (Å²) >= 11 is 1.62. The molecule has 0 radical (unpaired) electrons. The molecule has 2 fully saturated rings. The largest absolute Gasteiger partial charge is 0.508 e. The Hall–Kier alpha value is -2.10. The lowest BCUT2D eigenvalue weighted by molar-refractivity contribution is -0.0298. The molecule has 7 nitrogen and oxygen atoms in total. The van der Waals surface area contributed by atoms with E-state index in [9.17, 15) is 15.0 Å². The number of thioether (sulfide) groups is 1. The molecule has 1 amide bonds. The molecular weight excluding hydrogens is 544 g/mol. The molecule has 1 saturated heterocycles. The summed E-state index contributed by atoms with van der Waals surface area (Å²) in [4.78, 5) is 17.0. The van der Waals surface area contributed by atoms with Gasteiger partial charge in [-0.1, -0.05) is 44.0 Å². The van der Waals surface area contributed by atoms with Crippen molar-refractivity contribution in [2.24, 2.45) is 17.6 Å². The highest BCUT2D eigenvalue weighted by molar-refractivity contribution is 7.99. The fourth-order valence-electron chi connectivity index (χ4n) is 6.66. The van der Waals surface area contributed by atoms with Gasteiger partial charge in [-0.2, -0.15) is 0 Å². The summed E-state index contributed by atoms with van der Waals surface area (Å²) < 4.78 is 0. The second kappa shape index (κ2) is 14.1. The first-order valence-electron chi connectivity index (χ1n) is 15.6. The van der Waals surface area contributed by atoms with Gasteiger partial charge in [-0.3, -0.25) is 9.69 Å². The average molecular weight is 597 g/mol. The number of aliphatic hydroxyl groups excluding tert-OH is 1. The van der Waals surface area contributed by atoms with Gasteiger partial charge in [0.2, 0.25) is 0 Å². The molecule has 4 rings (SSSR count). The number of hydrogen-bond donors (Lipinski definition) is 5. The maximum Gasteiger partial charge on any atom is 0.252 e. The molecule has 1 aliphatic carbocycles. The summed E-state index contributed by atoms with van der Waals surface area (Å²) in [5.74, 6) is 1.19. The Balaban J connectivity index is 1.55. The summed E-state index contributed by atoms with van der Waals surface area (Å²) in [5, 5.41) is 28.8. The predicted octanol–water partition coefficient (Wildman–Crippen LogP) is 4.94. The molecule has 6 atom stereocenters. The quantitative estimate of drug-likeness (QED) is 0.234. The van der Waals surface area contributed by atoms with Gasteiger partial charge >= 0.3 is 0 Å². The maximum atomic E-state index is 13.4. The molecule has 1 aliphatic heterocycles. The normalized spacial score (nSPS) is 25.3. The van der Waals surface area contributed by atoms with E-state index in [0.29, 0.717) is 41.3 Å². The Morgan fingerprint density at radius 1 is 1.17 bits per heavy atom. The molecule has 2 aromatic rings. The summed E-state index contributed by atoms with van der Waals surface area (Å²) in [6, 6.07) is 14.8. The number of aliphatic hydroxyl groups is 1. The number of rotatable bonds is 11. The molecule has 6 N–H and O–H groups in total. The lowest BCUT2D eigenvalue weighted by Gasteiger charge is -2.54. The number of phenols is 1. The van der Waals surface area contributed by atoms with Crippen molar-refractivity contribution < 1.29 is 15.0 Å². The van der Waals surface area contributed by atoms with Crippen molar-refractivity contribution in [3.8, 4) is 5.75 Å². The summed E-state index contributed by atoms with van der Waals surface area (Å²) in [5.41, 5.74) is 7.84. The number of amides is 1. The second-order valence-electron chi connectivity index (χ2n) is 13.7. The molecule has 1 heterocycles. The lowest BCUT2D eigenvalue weighted by atomic mass is 9.66. The highest BCUT2D eigenvalue weighted by Gasteiger charge is 2.47. The van der Waals surface area contributed by atoms with E-state index in [0.717, 1.165) is 37.2 Å². The van der Waals surface area contributed by atoms with Crippen molar-refractivity contribution in [1.82, 2.24) is 15.5 Å². The van der Waals surface area contributed by atoms with Crippen LogP contribution in [0.25, 0.3) is 0 Å². The Bertz CT molecular complexity index is 1170. The predicted molar refractivity (Wildman–Crippen MR) is 173 cm³/mol. The third-order valence-corrected chi connectivity index (χ3v) is 10.4. The molecule has 2 aromatic carbocycles. The molecule has 8 heteroatoms. The Kier molecular flexibility index (Phi) is 11.0. The van der Waals surface area contributed by atoms with Crippen LogP contribution in [0.1, 0.15) is 75.7 Å². The fourth-order valence-corrected chi connectivity index (χ4v) is 7.69. The lowest BCUT2D eigenvalue weighted by Crippen LogP contribution is -2.66. The Morgan fingerprint density at radius 2 is 1.90 bits per heavy atom. The van der Waals surface area contributed by atoms with Gasteiger partial charge in [0.1, 0.15) is 5.75 Å². The standard InChI is InChI=1S/C34H52N4O3S/c1-23(19-36-33(3,4)5)29-18-25-12-9-10-17-34(25,35)22-38(29)20-31(40)28(21-42-26-13-7-6-8-14-26)37-32(41)27-15-11-16-30(39)24(27)2/h6-8,11,13-16,23,25,28-29,31,36,39-40H,9-10,12,17-22,35H2,1-5H3,(H,37,41)/t23?,25?,28-,29-,31?,34?/m0/s1. The second-order valence-corrected chi connectivity index (χ2v) is 14.8. The van der Waals surface area contributed by atoms with Crippen LogP contribution in [0.15, 0.2) is 53.4 Å². The number of phenolic OH excluding ortho intramolecular Hbond substituents is 1. The average Bonchev–Trinajstić information content (AvgIpc) is 2.94. The van der Waals surface area contributed by atoms with E-state index in [2.05, 4.69) is 43.2 Å². The van der Waals surface area contributed by atoms with Crippen LogP contribution in [0.2, 0.25) is 0 Å². The number of nitrogens with zero attached hydrogens (tertiary/aromatic N) is 1. The van der Waals surface area contributed by atoms with E-state index >= 15 is 0 Å². The van der Waals surface area contributed by atoms with Crippen LogP contribution in [0, 0.1) is 18.8 Å². The number of hydrogen-bond acceptors (Lipinski definition) is 7. The van der Waals surface area contributed by atoms with Crippen LogP contribution < -0.4 is 16.4 Å². The third-order valence-electron chi connectivity index (χ3n) is 9.29. The molecule has 232 valence electrons. The van der Waals surface area contributed by atoms with Gasteiger partial charge in [-0.15, -0.1) is 11.8 Å². The van der Waals surface area contributed by atoms with E-state index in [-0.39, 0.29) is 22.7 Å². The van der Waals surface area contributed by atoms with Gasteiger partial charge in [-0.05, 0) is 89.6 Å². The van der Waals surface area contributed by atoms with E-state index in [1.807, 2.05) is 30.3 Å². The van der Waals surface area contributed by atoms with E-state index in [1.165, 1.54) is 12.8 Å². The summed E-state index contributed by atoms with van der Waals surface area (Å²) in [7, 11) is 0. The molecule has 0 bridgehead atoms. The maximum absolute atomic E-state index is 13.4. The number of aromatic hydroxyl groups is 1. The first-order valence-corrected chi connectivity index (χ1v) is 16.6. The van der Waals surface area contributed by atoms with E-state index in [1.54, 1.807) is 36.9 Å². The fraction of sp³-hybridized carbons (Fsp3) is 0.618. The molecule has 42 heavy (non-hydrogen) atoms. The minimum atomic E-state index is -0.795. The number of β-amino-alcohol motifs (C(OH)–C–C–N with tert-alkyl or cyclic N) is 1. The van der Waals surface area contributed by atoms with Crippen LogP contribution in [-0.2, 0) is 0 Å². The van der Waals surface area contributed by atoms with Gasteiger partial charge < -0.3 is 26.6 Å². The van der Waals surface area contributed by atoms with Crippen LogP contribution in [-0.4, -0.2) is 75.7 Å². The molecule has 1 saturated carbocycles. The number of nitrogens with two attached hydrogens (primary N) is 1. The van der Waals surface area contributed by atoms with Crippen LogP contribution >= 0.6 is 11.8 Å². The Labute approximate surface area is 257 Å². The molecule has 4 unspecified atom stereocenters. The number of likely N-dealkylation sites (tertiary alicyclic amines) is 1. The van der Waals surface area contributed by atoms with Crippen molar-refractivity contribution in [1.29, 1.82) is 0 Å². The molecule has 0 spiro atoms. The zero-order chi connectivity index (χ0) is 30.5. The van der Waals surface area contributed by atoms with Crippen molar-refractivity contribution in [3.05, 3.63) is 59.7 Å². The minimum absolute atomic E-state index is 0.0315. The van der Waals surface area contributed by atoms with Gasteiger partial charge in [0, 0.05) is 52.0 Å².